The number of anilines is 1. The molecular formula is C10H10ClN3O3. The summed E-state index contributed by atoms with van der Waals surface area (Å²) < 4.78 is 0. The molecule has 0 saturated heterocycles. The maximum absolute atomic E-state index is 11.3. The SMILES string of the molecule is NC/C=C/C(=O)Nc1ccc([N+](=O)[O-])c(Cl)c1. The van der Waals surface area contributed by atoms with E-state index in [1.54, 1.807) is 0 Å². The van der Waals surface area contributed by atoms with Crippen LogP contribution in [0.5, 0.6) is 0 Å². The number of carbonyl (C=O) groups is 1. The molecular weight excluding hydrogens is 246 g/mol. The van der Waals surface area contributed by atoms with Crippen molar-refractivity contribution >= 4 is 28.9 Å². The van der Waals surface area contributed by atoms with Gasteiger partial charge in [-0.1, -0.05) is 17.7 Å². The molecule has 0 spiro atoms. The number of nitrogens with two attached hydrogens (primary N) is 1. The van der Waals surface area contributed by atoms with Crippen LogP contribution in [0.15, 0.2) is 30.4 Å². The molecule has 0 atom stereocenters. The number of nitrogens with one attached hydrogen (secondary N) is 1. The van der Waals surface area contributed by atoms with Gasteiger partial charge in [0.05, 0.1) is 4.92 Å². The summed E-state index contributed by atoms with van der Waals surface area (Å²) in [6, 6.07) is 3.94. The average Bonchev–Trinajstić information content (AvgIpc) is 2.26. The number of carbonyl (C=O) groups excluding carboxylic acids is 1. The molecule has 1 amide bonds. The second-order valence-electron chi connectivity index (χ2n) is 3.05. The summed E-state index contributed by atoms with van der Waals surface area (Å²) >= 11 is 5.68. The number of amides is 1. The molecule has 0 aliphatic carbocycles. The van der Waals surface area contributed by atoms with Crippen molar-refractivity contribution < 1.29 is 9.72 Å². The highest BCUT2D eigenvalue weighted by Crippen LogP contribution is 2.27. The van der Waals surface area contributed by atoms with E-state index in [2.05, 4.69) is 5.32 Å². The lowest BCUT2D eigenvalue weighted by Crippen LogP contribution is -2.08. The van der Waals surface area contributed by atoms with Gasteiger partial charge < -0.3 is 11.1 Å². The number of rotatable bonds is 4. The van der Waals surface area contributed by atoms with Crippen molar-refractivity contribution in [1.82, 2.24) is 0 Å². The van der Waals surface area contributed by atoms with Crippen molar-refractivity contribution in [3.8, 4) is 0 Å². The van der Waals surface area contributed by atoms with Gasteiger partial charge in [0.1, 0.15) is 5.02 Å². The molecule has 6 nitrogen and oxygen atoms in total. The van der Waals surface area contributed by atoms with Gasteiger partial charge in [0, 0.05) is 24.4 Å². The number of benzene rings is 1. The second-order valence-corrected chi connectivity index (χ2v) is 3.46. The van der Waals surface area contributed by atoms with Gasteiger partial charge in [0.25, 0.3) is 5.69 Å². The second kappa shape index (κ2) is 5.97. The third-order valence-corrected chi connectivity index (χ3v) is 2.12. The highest BCUT2D eigenvalue weighted by atomic mass is 35.5. The summed E-state index contributed by atoms with van der Waals surface area (Å²) in [5.41, 5.74) is 5.36. The molecule has 0 aliphatic heterocycles. The van der Waals surface area contributed by atoms with Crippen LogP contribution < -0.4 is 11.1 Å². The van der Waals surface area contributed by atoms with Crippen molar-refractivity contribution in [2.45, 2.75) is 0 Å². The first-order valence-corrected chi connectivity index (χ1v) is 5.04. The van der Waals surface area contributed by atoms with Crippen LogP contribution in [0.1, 0.15) is 0 Å². The predicted molar refractivity (Wildman–Crippen MR) is 64.9 cm³/mol. The Balaban J connectivity index is 2.81. The Labute approximate surface area is 102 Å². The minimum atomic E-state index is -0.595. The maximum atomic E-state index is 11.3. The van der Waals surface area contributed by atoms with Crippen LogP contribution in [0.25, 0.3) is 0 Å². The van der Waals surface area contributed by atoms with E-state index in [9.17, 15) is 14.9 Å². The van der Waals surface area contributed by atoms with E-state index in [-0.39, 0.29) is 23.2 Å². The molecule has 3 N–H and O–H groups in total. The van der Waals surface area contributed by atoms with Crippen molar-refractivity contribution in [2.24, 2.45) is 5.73 Å². The van der Waals surface area contributed by atoms with Crippen LogP contribution in [0, 0.1) is 10.1 Å². The molecule has 0 unspecified atom stereocenters. The van der Waals surface area contributed by atoms with E-state index in [1.165, 1.54) is 30.4 Å². The smallest absolute Gasteiger partial charge is 0.288 e. The number of hydrogen-bond acceptors (Lipinski definition) is 4. The Hall–Kier alpha value is -1.92. The first-order valence-electron chi connectivity index (χ1n) is 4.66. The average molecular weight is 256 g/mol. The Morgan fingerprint density at radius 2 is 2.29 bits per heavy atom. The molecule has 1 rings (SSSR count). The number of halogens is 1. The van der Waals surface area contributed by atoms with E-state index >= 15 is 0 Å². The van der Waals surface area contributed by atoms with Gasteiger partial charge in [0.15, 0.2) is 0 Å². The first kappa shape index (κ1) is 13.1. The summed E-state index contributed by atoms with van der Waals surface area (Å²) in [4.78, 5) is 21.2. The largest absolute Gasteiger partial charge is 0.327 e. The highest BCUT2D eigenvalue weighted by molar-refractivity contribution is 6.33. The van der Waals surface area contributed by atoms with Gasteiger partial charge in [-0.05, 0) is 12.1 Å². The van der Waals surface area contributed by atoms with E-state index in [4.69, 9.17) is 17.3 Å². The Morgan fingerprint density at radius 1 is 1.59 bits per heavy atom. The van der Waals surface area contributed by atoms with Gasteiger partial charge in [0.2, 0.25) is 5.91 Å². The minimum Gasteiger partial charge on any atom is -0.327 e. The van der Waals surface area contributed by atoms with Crippen molar-refractivity contribution in [2.75, 3.05) is 11.9 Å². The lowest BCUT2D eigenvalue weighted by Gasteiger charge is -2.02. The van der Waals surface area contributed by atoms with Crippen molar-refractivity contribution in [1.29, 1.82) is 0 Å². The Kier molecular flexibility index (Phi) is 4.62. The van der Waals surface area contributed by atoms with E-state index in [0.29, 0.717) is 5.69 Å². The fourth-order valence-corrected chi connectivity index (χ4v) is 1.34. The molecule has 0 heterocycles. The number of nitro groups is 1. The minimum absolute atomic E-state index is 0.0318. The van der Waals surface area contributed by atoms with Crippen LogP contribution >= 0.6 is 11.6 Å². The zero-order valence-corrected chi connectivity index (χ0v) is 9.48. The Bertz CT molecular complexity index is 474. The first-order chi connectivity index (χ1) is 8.04. The maximum Gasteiger partial charge on any atom is 0.288 e. The van der Waals surface area contributed by atoms with Gasteiger partial charge in [-0.2, -0.15) is 0 Å². The molecule has 0 aromatic heterocycles. The zero-order valence-electron chi connectivity index (χ0n) is 8.72. The molecule has 1 aromatic rings. The summed E-state index contributed by atoms with van der Waals surface area (Å²) in [5, 5.41) is 13.0. The van der Waals surface area contributed by atoms with Crippen LogP contribution in [0.4, 0.5) is 11.4 Å². The van der Waals surface area contributed by atoms with Crippen molar-refractivity contribution in [3.63, 3.8) is 0 Å². The molecule has 90 valence electrons. The van der Waals surface area contributed by atoms with E-state index in [1.807, 2.05) is 0 Å². The monoisotopic (exact) mass is 255 g/mol. The lowest BCUT2D eigenvalue weighted by atomic mass is 10.3. The molecule has 0 fully saturated rings. The normalized spacial score (nSPS) is 10.5. The molecule has 17 heavy (non-hydrogen) atoms. The van der Waals surface area contributed by atoms with Gasteiger partial charge in [-0.15, -0.1) is 0 Å². The van der Waals surface area contributed by atoms with Gasteiger partial charge in [-0.3, -0.25) is 14.9 Å². The van der Waals surface area contributed by atoms with Gasteiger partial charge >= 0.3 is 0 Å². The topological polar surface area (TPSA) is 98.3 Å². The number of nitro benzene ring substituents is 1. The van der Waals surface area contributed by atoms with Gasteiger partial charge in [-0.25, -0.2) is 0 Å². The summed E-state index contributed by atoms with van der Waals surface area (Å²) in [6.45, 7) is 0.258. The standard InChI is InChI=1S/C10H10ClN3O3/c11-8-6-7(3-4-9(8)14(16)17)13-10(15)2-1-5-12/h1-4,6H,5,12H2,(H,13,15)/b2-1+. The highest BCUT2D eigenvalue weighted by Gasteiger charge is 2.12. The molecule has 0 aliphatic rings. The fraction of sp³-hybridized carbons (Fsp3) is 0.100. The predicted octanol–water partition coefficient (Wildman–Crippen LogP) is 1.70. The lowest BCUT2D eigenvalue weighted by molar-refractivity contribution is -0.384. The quantitative estimate of drug-likeness (QED) is 0.486. The number of hydrogen-bond donors (Lipinski definition) is 2. The molecule has 0 radical (unpaired) electrons. The zero-order chi connectivity index (χ0) is 12.8. The van der Waals surface area contributed by atoms with Crippen molar-refractivity contribution in [3.05, 3.63) is 45.5 Å². The van der Waals surface area contributed by atoms with E-state index < -0.39 is 4.92 Å². The summed E-state index contributed by atoms with van der Waals surface area (Å²) in [6.07, 6.45) is 2.76. The van der Waals surface area contributed by atoms with Crippen LogP contribution in [-0.2, 0) is 4.79 Å². The molecule has 1 aromatic carbocycles. The Morgan fingerprint density at radius 3 is 2.82 bits per heavy atom. The number of nitrogens with zero attached hydrogens (tertiary/aromatic N) is 1. The summed E-state index contributed by atoms with van der Waals surface area (Å²) in [7, 11) is 0. The van der Waals surface area contributed by atoms with E-state index in [0.717, 1.165) is 0 Å². The fourth-order valence-electron chi connectivity index (χ4n) is 1.09. The molecule has 7 heteroatoms. The van der Waals surface area contributed by atoms with Crippen LogP contribution in [0.2, 0.25) is 5.02 Å². The van der Waals surface area contributed by atoms with Crippen LogP contribution in [0.3, 0.4) is 0 Å². The van der Waals surface area contributed by atoms with Crippen LogP contribution in [-0.4, -0.2) is 17.4 Å². The third kappa shape index (κ3) is 3.86. The molecule has 0 saturated carbocycles. The molecule has 0 bridgehead atoms. The third-order valence-electron chi connectivity index (χ3n) is 1.82. The summed E-state index contributed by atoms with van der Waals surface area (Å²) in [5.74, 6) is -0.375.